The Balaban J connectivity index is 1.21. The van der Waals surface area contributed by atoms with E-state index in [2.05, 4.69) is 32.5 Å². The fraction of sp³-hybridized carbons (Fsp3) is 0.370. The molecule has 0 spiro atoms. The van der Waals surface area contributed by atoms with Crippen LogP contribution in [0.1, 0.15) is 24.8 Å². The van der Waals surface area contributed by atoms with Crippen LogP contribution < -0.4 is 20.7 Å². The van der Waals surface area contributed by atoms with Gasteiger partial charge >= 0.3 is 0 Å². The molecule has 1 aromatic carbocycles. The SMILES string of the molecule is C=C1NC(=O)C/C1=C\c1cnn2c(NC3CC3)cc(Nc3ccc(OCCN4CCOCC4)c(Cl)c3)nc12. The van der Waals surface area contributed by atoms with Crippen molar-refractivity contribution in [2.75, 3.05) is 50.1 Å². The molecule has 4 heterocycles. The van der Waals surface area contributed by atoms with Crippen molar-refractivity contribution in [2.45, 2.75) is 25.3 Å². The molecule has 0 radical (unpaired) electrons. The highest BCUT2D eigenvalue weighted by atomic mass is 35.5. The minimum Gasteiger partial charge on any atom is -0.491 e. The van der Waals surface area contributed by atoms with E-state index in [4.69, 9.17) is 26.1 Å². The number of halogens is 1. The Morgan fingerprint density at radius 2 is 2.11 bits per heavy atom. The lowest BCUT2D eigenvalue weighted by molar-refractivity contribution is -0.118. The van der Waals surface area contributed by atoms with E-state index in [1.807, 2.05) is 30.3 Å². The number of anilines is 3. The number of aromatic nitrogens is 3. The minimum absolute atomic E-state index is 0.0606. The molecule has 2 aliphatic heterocycles. The van der Waals surface area contributed by atoms with Crippen LogP contribution >= 0.6 is 11.6 Å². The molecule has 3 fully saturated rings. The number of nitrogens with one attached hydrogen (secondary N) is 3. The van der Waals surface area contributed by atoms with Crippen molar-refractivity contribution in [3.63, 3.8) is 0 Å². The van der Waals surface area contributed by atoms with Gasteiger partial charge in [-0.1, -0.05) is 18.2 Å². The Morgan fingerprint density at radius 3 is 2.84 bits per heavy atom. The van der Waals surface area contributed by atoms with Gasteiger partial charge in [0.25, 0.3) is 0 Å². The Morgan fingerprint density at radius 1 is 1.26 bits per heavy atom. The monoisotopic (exact) mass is 535 g/mol. The summed E-state index contributed by atoms with van der Waals surface area (Å²) >= 11 is 6.55. The largest absolute Gasteiger partial charge is 0.491 e. The number of hydrogen-bond acceptors (Lipinski definition) is 8. The summed E-state index contributed by atoms with van der Waals surface area (Å²) in [6.45, 7) is 8.72. The van der Waals surface area contributed by atoms with Crippen molar-refractivity contribution in [1.29, 1.82) is 0 Å². The molecule has 10 nitrogen and oxygen atoms in total. The molecule has 198 valence electrons. The van der Waals surface area contributed by atoms with Crippen molar-refractivity contribution in [3.05, 3.63) is 58.9 Å². The van der Waals surface area contributed by atoms with E-state index in [1.165, 1.54) is 0 Å². The van der Waals surface area contributed by atoms with Gasteiger partial charge in [0.2, 0.25) is 5.91 Å². The zero-order valence-corrected chi connectivity index (χ0v) is 21.8. The Kier molecular flexibility index (Phi) is 6.92. The van der Waals surface area contributed by atoms with E-state index in [0.717, 1.165) is 68.3 Å². The summed E-state index contributed by atoms with van der Waals surface area (Å²) in [5.41, 5.74) is 3.72. The number of benzene rings is 1. The summed E-state index contributed by atoms with van der Waals surface area (Å²) in [5, 5.41) is 14.7. The number of ether oxygens (including phenoxy) is 2. The van der Waals surface area contributed by atoms with Crippen LogP contribution in [-0.4, -0.2) is 70.9 Å². The third-order valence-electron chi connectivity index (χ3n) is 6.76. The van der Waals surface area contributed by atoms with E-state index < -0.39 is 0 Å². The zero-order chi connectivity index (χ0) is 26.1. The number of hydrogen-bond donors (Lipinski definition) is 3. The highest BCUT2D eigenvalue weighted by molar-refractivity contribution is 6.32. The molecule has 0 atom stereocenters. The lowest BCUT2D eigenvalue weighted by Gasteiger charge is -2.26. The summed E-state index contributed by atoms with van der Waals surface area (Å²) in [6, 6.07) is 8.00. The first kappa shape index (κ1) is 24.7. The Bertz CT molecular complexity index is 1410. The molecule has 3 N–H and O–H groups in total. The van der Waals surface area contributed by atoms with E-state index in [1.54, 1.807) is 10.7 Å². The Hall–Kier alpha value is -3.60. The number of rotatable bonds is 9. The van der Waals surface area contributed by atoms with Crippen LogP contribution in [0.15, 0.2) is 48.3 Å². The van der Waals surface area contributed by atoms with E-state index >= 15 is 0 Å². The Labute approximate surface area is 225 Å². The van der Waals surface area contributed by atoms with Crippen molar-refractivity contribution in [2.24, 2.45) is 0 Å². The summed E-state index contributed by atoms with van der Waals surface area (Å²) < 4.78 is 13.1. The second-order valence-electron chi connectivity index (χ2n) is 9.73. The van der Waals surface area contributed by atoms with Crippen LogP contribution in [0.3, 0.4) is 0 Å². The van der Waals surface area contributed by atoms with Gasteiger partial charge in [0.1, 0.15) is 24.0 Å². The van der Waals surface area contributed by atoms with Crippen LogP contribution in [0.5, 0.6) is 5.75 Å². The average molecular weight is 536 g/mol. The van der Waals surface area contributed by atoms with Gasteiger partial charge in [-0.25, -0.2) is 4.98 Å². The number of fused-ring (bicyclic) bond motifs is 1. The van der Waals surface area contributed by atoms with Gasteiger partial charge in [0.15, 0.2) is 5.65 Å². The van der Waals surface area contributed by atoms with Gasteiger partial charge in [0.05, 0.1) is 30.9 Å². The first-order valence-corrected chi connectivity index (χ1v) is 13.2. The smallest absolute Gasteiger partial charge is 0.228 e. The predicted octanol–water partition coefficient (Wildman–Crippen LogP) is 3.83. The molecular formula is C27H30ClN7O3. The lowest BCUT2D eigenvalue weighted by atomic mass is 10.1. The lowest BCUT2D eigenvalue weighted by Crippen LogP contribution is -2.38. The number of allylic oxidation sites excluding steroid dienone is 1. The average Bonchev–Trinajstić information content (AvgIpc) is 3.54. The molecular weight excluding hydrogens is 506 g/mol. The summed E-state index contributed by atoms with van der Waals surface area (Å²) in [7, 11) is 0. The van der Waals surface area contributed by atoms with Crippen LogP contribution in [0.2, 0.25) is 5.02 Å². The summed E-state index contributed by atoms with van der Waals surface area (Å²) in [4.78, 5) is 18.9. The molecule has 0 bridgehead atoms. The molecule has 38 heavy (non-hydrogen) atoms. The van der Waals surface area contributed by atoms with Crippen molar-refractivity contribution >= 4 is 46.6 Å². The maximum Gasteiger partial charge on any atom is 0.228 e. The van der Waals surface area contributed by atoms with Crippen LogP contribution in [-0.2, 0) is 9.53 Å². The molecule has 2 saturated heterocycles. The van der Waals surface area contributed by atoms with E-state index in [-0.39, 0.29) is 5.91 Å². The van der Waals surface area contributed by atoms with E-state index in [0.29, 0.717) is 47.0 Å². The fourth-order valence-electron chi connectivity index (χ4n) is 4.54. The topological polar surface area (TPSA) is 105 Å². The maximum atomic E-state index is 11.8. The second-order valence-corrected chi connectivity index (χ2v) is 10.1. The van der Waals surface area contributed by atoms with Crippen LogP contribution in [0.4, 0.5) is 17.3 Å². The molecule has 1 amide bonds. The third-order valence-corrected chi connectivity index (χ3v) is 7.06. The third kappa shape index (κ3) is 5.62. The van der Waals surface area contributed by atoms with Gasteiger partial charge in [-0.3, -0.25) is 9.69 Å². The zero-order valence-electron chi connectivity index (χ0n) is 21.0. The van der Waals surface area contributed by atoms with Gasteiger partial charge < -0.3 is 25.4 Å². The van der Waals surface area contributed by atoms with Gasteiger partial charge in [-0.15, -0.1) is 0 Å². The normalized spacial score (nSPS) is 19.2. The van der Waals surface area contributed by atoms with Crippen LogP contribution in [0, 0.1) is 0 Å². The molecule has 0 unspecified atom stereocenters. The number of nitrogens with zero attached hydrogens (tertiary/aromatic N) is 4. The first-order valence-electron chi connectivity index (χ1n) is 12.9. The number of carbonyl (C=O) groups excluding carboxylic acids is 1. The molecule has 2 aromatic heterocycles. The van der Waals surface area contributed by atoms with Gasteiger partial charge in [-0.05, 0) is 42.7 Å². The van der Waals surface area contributed by atoms with E-state index in [9.17, 15) is 4.79 Å². The maximum absolute atomic E-state index is 11.8. The minimum atomic E-state index is -0.0606. The number of amides is 1. The number of carbonyl (C=O) groups is 1. The van der Waals surface area contributed by atoms with Crippen LogP contribution in [0.25, 0.3) is 11.7 Å². The highest BCUT2D eigenvalue weighted by Gasteiger charge is 2.24. The number of morpholine rings is 1. The van der Waals surface area contributed by atoms with Crippen molar-refractivity contribution in [1.82, 2.24) is 24.8 Å². The second kappa shape index (κ2) is 10.6. The van der Waals surface area contributed by atoms with Gasteiger partial charge in [0, 0.05) is 48.7 Å². The predicted molar refractivity (Wildman–Crippen MR) is 147 cm³/mol. The highest BCUT2D eigenvalue weighted by Crippen LogP contribution is 2.32. The molecule has 1 aliphatic carbocycles. The quantitative estimate of drug-likeness (QED) is 0.380. The standard InChI is InChI=1S/C27H30ClN7O3/c1-17-18(13-26(36)30-17)12-19-16-29-35-25(32-20-2-3-20)15-24(33-27(19)35)31-21-4-5-23(22(28)14-21)38-11-8-34-6-9-37-10-7-34/h4-5,12,14-16,20,32H,1-3,6-11,13H2,(H,30,36)(H,31,33)/b18-12+. The molecule has 11 heteroatoms. The summed E-state index contributed by atoms with van der Waals surface area (Å²) in [6.07, 6.45) is 6.22. The van der Waals surface area contributed by atoms with Crippen molar-refractivity contribution < 1.29 is 14.3 Å². The fourth-order valence-corrected chi connectivity index (χ4v) is 4.77. The molecule has 1 saturated carbocycles. The summed E-state index contributed by atoms with van der Waals surface area (Å²) in [5.74, 6) is 2.08. The molecule has 3 aliphatic rings. The molecule has 6 rings (SSSR count). The first-order chi connectivity index (χ1) is 18.5. The van der Waals surface area contributed by atoms with Gasteiger partial charge in [-0.2, -0.15) is 9.61 Å². The van der Waals surface area contributed by atoms with Crippen molar-refractivity contribution in [3.8, 4) is 5.75 Å². The molecule has 3 aromatic rings.